The lowest BCUT2D eigenvalue weighted by atomic mass is 10.1. The average Bonchev–Trinajstić information content (AvgIpc) is 2.38. The van der Waals surface area contributed by atoms with Gasteiger partial charge in [-0.05, 0) is 24.6 Å². The van der Waals surface area contributed by atoms with Crippen LogP contribution in [0.3, 0.4) is 0 Å². The number of benzene rings is 1. The Hall–Kier alpha value is -2.12. The number of carbonyl (C=O) groups is 2. The van der Waals surface area contributed by atoms with Crippen molar-refractivity contribution in [3.63, 3.8) is 0 Å². The first-order valence-electron chi connectivity index (χ1n) is 5.77. The third kappa shape index (κ3) is 2.98. The molecule has 1 aromatic heterocycles. The predicted molar refractivity (Wildman–Crippen MR) is 79.5 cm³/mol. The molecule has 0 saturated heterocycles. The fourth-order valence-corrected chi connectivity index (χ4v) is 3.10. The molecule has 0 unspecified atom stereocenters. The lowest BCUT2D eigenvalue weighted by molar-refractivity contribution is -0.135. The largest absolute Gasteiger partial charge is 0.506 e. The van der Waals surface area contributed by atoms with Crippen LogP contribution in [0.2, 0.25) is 5.02 Å². The van der Waals surface area contributed by atoms with Crippen molar-refractivity contribution >= 4 is 44.9 Å². The standard InChI is InChI=1S/C13H10ClNO5S/c1-5-2-6(14)3-7-10(18)9(13(20)21-11(5)7)12(19)15-4-8(16)17/h2-3,18H,4H2,1H3,(H,15,19)(H,16,17). The number of halogens is 1. The zero-order chi connectivity index (χ0) is 15.7. The Morgan fingerprint density at radius 2 is 2.05 bits per heavy atom. The number of hydrogen-bond acceptors (Lipinski definition) is 5. The van der Waals surface area contributed by atoms with Gasteiger partial charge in [0.1, 0.15) is 17.9 Å². The van der Waals surface area contributed by atoms with Gasteiger partial charge >= 0.3 is 5.97 Å². The third-order valence-corrected chi connectivity index (χ3v) is 4.11. The normalized spacial score (nSPS) is 10.6. The molecule has 8 heteroatoms. The van der Waals surface area contributed by atoms with Gasteiger partial charge in [-0.2, -0.15) is 0 Å². The Morgan fingerprint density at radius 1 is 1.38 bits per heavy atom. The number of carboxylic acid groups (broad SMARTS) is 1. The number of aromatic hydroxyl groups is 1. The first-order chi connectivity index (χ1) is 9.81. The van der Waals surface area contributed by atoms with Crippen LogP contribution >= 0.6 is 22.9 Å². The highest BCUT2D eigenvalue weighted by atomic mass is 35.5. The lowest BCUT2D eigenvalue weighted by Crippen LogP contribution is -2.32. The van der Waals surface area contributed by atoms with E-state index in [1.165, 1.54) is 6.07 Å². The molecule has 2 rings (SSSR count). The van der Waals surface area contributed by atoms with Gasteiger partial charge in [0.05, 0.1) is 0 Å². The molecule has 0 fully saturated rings. The summed E-state index contributed by atoms with van der Waals surface area (Å²) in [5.74, 6) is -2.68. The van der Waals surface area contributed by atoms with Crippen molar-refractivity contribution in [1.29, 1.82) is 0 Å². The van der Waals surface area contributed by atoms with Crippen molar-refractivity contribution in [2.45, 2.75) is 6.92 Å². The first kappa shape index (κ1) is 15.3. The monoisotopic (exact) mass is 327 g/mol. The lowest BCUT2D eigenvalue weighted by Gasteiger charge is -2.08. The molecule has 21 heavy (non-hydrogen) atoms. The highest BCUT2D eigenvalue weighted by molar-refractivity contribution is 7.16. The van der Waals surface area contributed by atoms with Crippen LogP contribution < -0.4 is 10.1 Å². The molecule has 3 N–H and O–H groups in total. The van der Waals surface area contributed by atoms with E-state index in [1.807, 2.05) is 5.32 Å². The summed E-state index contributed by atoms with van der Waals surface area (Å²) < 4.78 is -0.120. The first-order valence-corrected chi connectivity index (χ1v) is 6.96. The summed E-state index contributed by atoms with van der Waals surface area (Å²) in [6.07, 6.45) is 0. The number of aliphatic carboxylic acids is 1. The minimum Gasteiger partial charge on any atom is -0.506 e. The van der Waals surface area contributed by atoms with E-state index in [2.05, 4.69) is 0 Å². The molecule has 0 radical (unpaired) electrons. The quantitative estimate of drug-likeness (QED) is 0.796. The highest BCUT2D eigenvalue weighted by Crippen LogP contribution is 2.33. The van der Waals surface area contributed by atoms with Crippen molar-refractivity contribution in [2.24, 2.45) is 0 Å². The number of rotatable bonds is 3. The summed E-state index contributed by atoms with van der Waals surface area (Å²) in [4.78, 5) is 34.3. The molecule has 1 heterocycles. The van der Waals surface area contributed by atoms with Crippen molar-refractivity contribution < 1.29 is 19.8 Å². The van der Waals surface area contributed by atoms with Crippen LogP contribution in [0.25, 0.3) is 10.1 Å². The van der Waals surface area contributed by atoms with E-state index in [9.17, 15) is 19.5 Å². The number of carbonyl (C=O) groups excluding carboxylic acids is 1. The van der Waals surface area contributed by atoms with Crippen LogP contribution in [0.15, 0.2) is 16.9 Å². The van der Waals surface area contributed by atoms with Crippen LogP contribution in [0.5, 0.6) is 5.75 Å². The Balaban J connectivity index is 2.63. The topological polar surface area (TPSA) is 104 Å². The van der Waals surface area contributed by atoms with Crippen LogP contribution in [0.4, 0.5) is 0 Å². The minimum atomic E-state index is -1.25. The van der Waals surface area contributed by atoms with Crippen molar-refractivity contribution in [3.8, 4) is 5.75 Å². The smallest absolute Gasteiger partial charge is 0.322 e. The SMILES string of the molecule is Cc1cc(Cl)cc2c(O)c(C(=O)NCC(=O)O)c(=O)sc12. The molecular formula is C13H10ClNO5S. The van der Waals surface area contributed by atoms with Crippen LogP contribution in [0, 0.1) is 6.92 Å². The van der Waals surface area contributed by atoms with E-state index >= 15 is 0 Å². The predicted octanol–water partition coefficient (Wildman–Crippen LogP) is 1.74. The maximum absolute atomic E-state index is 12.0. The molecule has 0 bridgehead atoms. The minimum absolute atomic E-state index is 0.282. The molecule has 0 atom stereocenters. The van der Waals surface area contributed by atoms with E-state index in [0.29, 0.717) is 15.3 Å². The summed E-state index contributed by atoms with van der Waals surface area (Å²) in [6.45, 7) is 1.09. The fourth-order valence-electron chi connectivity index (χ4n) is 1.86. The van der Waals surface area contributed by atoms with Gasteiger partial charge < -0.3 is 15.5 Å². The number of fused-ring (bicyclic) bond motifs is 1. The molecule has 0 aliphatic heterocycles. The summed E-state index contributed by atoms with van der Waals surface area (Å²) in [6, 6.07) is 3.09. The highest BCUT2D eigenvalue weighted by Gasteiger charge is 2.20. The number of hydrogen-bond donors (Lipinski definition) is 3. The van der Waals surface area contributed by atoms with Gasteiger partial charge in [-0.15, -0.1) is 0 Å². The van der Waals surface area contributed by atoms with Gasteiger partial charge in [0.25, 0.3) is 5.91 Å². The van der Waals surface area contributed by atoms with Gasteiger partial charge in [-0.1, -0.05) is 22.9 Å². The summed E-state index contributed by atoms with van der Waals surface area (Å²) in [5.41, 5.74) is 0.225. The Labute approximate surface area is 127 Å². The second-order valence-electron chi connectivity index (χ2n) is 4.29. The zero-order valence-corrected chi connectivity index (χ0v) is 12.3. The summed E-state index contributed by atoms with van der Waals surface area (Å²) in [7, 11) is 0. The molecular weight excluding hydrogens is 318 g/mol. The zero-order valence-electron chi connectivity index (χ0n) is 10.8. The van der Waals surface area contributed by atoms with Crippen molar-refractivity contribution in [3.05, 3.63) is 37.8 Å². The van der Waals surface area contributed by atoms with E-state index in [0.717, 1.165) is 11.3 Å². The molecule has 2 aromatic rings. The van der Waals surface area contributed by atoms with Crippen molar-refractivity contribution in [1.82, 2.24) is 5.32 Å². The second-order valence-corrected chi connectivity index (χ2v) is 5.71. The Bertz CT molecular complexity index is 814. The number of nitrogens with one attached hydrogen (secondary N) is 1. The van der Waals surface area contributed by atoms with E-state index < -0.39 is 34.5 Å². The van der Waals surface area contributed by atoms with E-state index in [4.69, 9.17) is 16.7 Å². The van der Waals surface area contributed by atoms with Gasteiger partial charge in [-0.3, -0.25) is 14.4 Å². The van der Waals surface area contributed by atoms with Crippen LogP contribution in [0.1, 0.15) is 15.9 Å². The molecule has 110 valence electrons. The van der Waals surface area contributed by atoms with Gasteiger partial charge in [0.2, 0.25) is 4.74 Å². The number of aryl methyl sites for hydroxylation is 1. The Kier molecular flexibility index (Phi) is 4.15. The maximum atomic E-state index is 12.0. The fraction of sp³-hybridized carbons (Fsp3) is 0.154. The van der Waals surface area contributed by atoms with Crippen molar-refractivity contribution in [2.75, 3.05) is 6.54 Å². The number of amides is 1. The van der Waals surface area contributed by atoms with Gasteiger partial charge in [-0.25, -0.2) is 0 Å². The van der Waals surface area contributed by atoms with Crippen LogP contribution in [-0.2, 0) is 4.79 Å². The summed E-state index contributed by atoms with van der Waals surface area (Å²) in [5, 5.41) is 21.4. The van der Waals surface area contributed by atoms with E-state index in [1.54, 1.807) is 13.0 Å². The molecule has 0 aliphatic rings. The second kappa shape index (κ2) is 5.71. The summed E-state index contributed by atoms with van der Waals surface area (Å²) >= 11 is 6.71. The average molecular weight is 328 g/mol. The maximum Gasteiger partial charge on any atom is 0.322 e. The molecule has 1 amide bonds. The molecule has 0 aliphatic carbocycles. The van der Waals surface area contributed by atoms with E-state index in [-0.39, 0.29) is 5.39 Å². The molecule has 0 saturated carbocycles. The third-order valence-electron chi connectivity index (χ3n) is 2.76. The van der Waals surface area contributed by atoms with Gasteiger partial charge in [0, 0.05) is 15.1 Å². The molecule has 0 spiro atoms. The number of carboxylic acids is 1. The molecule has 1 aromatic carbocycles. The van der Waals surface area contributed by atoms with Gasteiger partial charge in [0.15, 0.2) is 0 Å². The molecule has 6 nitrogen and oxygen atoms in total. The van der Waals surface area contributed by atoms with Crippen LogP contribution in [-0.4, -0.2) is 28.6 Å². The Morgan fingerprint density at radius 3 is 2.67 bits per heavy atom.